The number of rotatable bonds is 3. The molecule has 0 spiro atoms. The fraction of sp³-hybridized carbons (Fsp3) is 0.0909. The van der Waals surface area contributed by atoms with Crippen LogP contribution in [0.4, 0.5) is 11.4 Å². The van der Waals surface area contributed by atoms with Gasteiger partial charge in [0, 0.05) is 5.69 Å². The largest absolute Gasteiger partial charge is 0.396 e. The molecule has 88 valence electrons. The van der Waals surface area contributed by atoms with Crippen LogP contribution < -0.4 is 11.1 Å². The Balaban J connectivity index is 2.15. The van der Waals surface area contributed by atoms with Crippen LogP contribution in [0, 0.1) is 0 Å². The number of hydrogen-bond donors (Lipinski definition) is 2. The topological polar surface area (TPSA) is 72.9 Å². The second-order valence-corrected chi connectivity index (χ2v) is 3.71. The van der Waals surface area contributed by atoms with Gasteiger partial charge in [0.25, 0.3) is 0 Å². The highest BCUT2D eigenvalue weighted by molar-refractivity contribution is 6.29. The number of amides is 1. The van der Waals surface area contributed by atoms with Gasteiger partial charge in [-0.2, -0.15) is 5.10 Å². The second kappa shape index (κ2) is 4.88. The number of nitrogen functional groups attached to an aromatic ring is 1. The first-order valence-corrected chi connectivity index (χ1v) is 5.49. The van der Waals surface area contributed by atoms with Crippen molar-refractivity contribution in [3.63, 3.8) is 0 Å². The molecule has 3 N–H and O–H groups in total. The van der Waals surface area contributed by atoms with E-state index < -0.39 is 0 Å². The fourth-order valence-electron chi connectivity index (χ4n) is 1.37. The van der Waals surface area contributed by atoms with Gasteiger partial charge in [-0.25, -0.2) is 4.68 Å². The maximum atomic E-state index is 11.1. The number of nitrogens with two attached hydrogens (primary N) is 1. The summed E-state index contributed by atoms with van der Waals surface area (Å²) in [6.07, 6.45) is 3.29. The Bertz CT molecular complexity index is 521. The highest BCUT2D eigenvalue weighted by Crippen LogP contribution is 2.13. The van der Waals surface area contributed by atoms with Crippen molar-refractivity contribution in [3.8, 4) is 5.69 Å². The average molecular weight is 251 g/mol. The number of nitrogens with zero attached hydrogens (tertiary/aromatic N) is 2. The predicted octanol–water partition coefficient (Wildman–Crippen LogP) is 1.63. The van der Waals surface area contributed by atoms with E-state index in [0.717, 1.165) is 5.69 Å². The normalized spacial score (nSPS) is 10.2. The number of benzene rings is 1. The highest BCUT2D eigenvalue weighted by Gasteiger charge is 2.01. The van der Waals surface area contributed by atoms with E-state index in [9.17, 15) is 4.79 Å². The lowest BCUT2D eigenvalue weighted by Crippen LogP contribution is -2.12. The summed E-state index contributed by atoms with van der Waals surface area (Å²) in [5.74, 6) is -0.292. The zero-order chi connectivity index (χ0) is 12.3. The number of nitrogens with one attached hydrogen (secondary N) is 1. The first-order chi connectivity index (χ1) is 8.19. The van der Waals surface area contributed by atoms with Crippen molar-refractivity contribution in [2.45, 2.75) is 0 Å². The van der Waals surface area contributed by atoms with Crippen molar-refractivity contribution in [1.29, 1.82) is 0 Å². The molecule has 0 bridgehead atoms. The standard InChI is InChI=1S/C11H11ClN4O/c12-5-11(17)15-9-1-3-10(4-2-9)16-7-8(13)6-14-16/h1-4,6-7H,5,13H2,(H,15,17). The van der Waals surface area contributed by atoms with E-state index in [1.807, 2.05) is 12.1 Å². The molecule has 0 saturated heterocycles. The van der Waals surface area contributed by atoms with Crippen molar-refractivity contribution in [1.82, 2.24) is 9.78 Å². The molecule has 6 heteroatoms. The number of carbonyl (C=O) groups is 1. The molecule has 1 heterocycles. The van der Waals surface area contributed by atoms with E-state index >= 15 is 0 Å². The summed E-state index contributed by atoms with van der Waals surface area (Å²) in [6.45, 7) is 0. The molecular formula is C11H11ClN4O. The lowest BCUT2D eigenvalue weighted by atomic mass is 10.3. The average Bonchev–Trinajstić information content (AvgIpc) is 2.77. The van der Waals surface area contributed by atoms with Gasteiger partial charge in [-0.05, 0) is 24.3 Å². The zero-order valence-electron chi connectivity index (χ0n) is 8.93. The Morgan fingerprint density at radius 2 is 2.12 bits per heavy atom. The van der Waals surface area contributed by atoms with Crippen LogP contribution in [-0.4, -0.2) is 21.6 Å². The molecule has 0 radical (unpaired) electrons. The molecule has 0 unspecified atom stereocenters. The Hall–Kier alpha value is -2.01. The van der Waals surface area contributed by atoms with Crippen molar-refractivity contribution < 1.29 is 4.79 Å². The summed E-state index contributed by atoms with van der Waals surface area (Å²) in [4.78, 5) is 11.1. The molecular weight excluding hydrogens is 240 g/mol. The quantitative estimate of drug-likeness (QED) is 0.814. The molecule has 2 aromatic rings. The molecule has 5 nitrogen and oxygen atoms in total. The maximum Gasteiger partial charge on any atom is 0.239 e. The first kappa shape index (κ1) is 11.5. The lowest BCUT2D eigenvalue weighted by molar-refractivity contribution is -0.113. The fourth-order valence-corrected chi connectivity index (χ4v) is 1.44. The monoisotopic (exact) mass is 250 g/mol. The molecule has 0 aliphatic rings. The molecule has 0 atom stereocenters. The predicted molar refractivity (Wildman–Crippen MR) is 67.3 cm³/mol. The molecule has 0 saturated carbocycles. The van der Waals surface area contributed by atoms with Gasteiger partial charge in [0.2, 0.25) is 5.91 Å². The van der Waals surface area contributed by atoms with Gasteiger partial charge in [-0.15, -0.1) is 11.6 Å². The van der Waals surface area contributed by atoms with E-state index in [2.05, 4.69) is 10.4 Å². The third-order valence-corrected chi connectivity index (χ3v) is 2.38. The minimum Gasteiger partial charge on any atom is -0.396 e. The minimum absolute atomic E-state index is 0.0581. The summed E-state index contributed by atoms with van der Waals surface area (Å²) < 4.78 is 1.66. The summed E-state index contributed by atoms with van der Waals surface area (Å²) in [5.41, 5.74) is 7.74. The Morgan fingerprint density at radius 3 is 2.65 bits per heavy atom. The van der Waals surface area contributed by atoms with Crippen LogP contribution in [0.5, 0.6) is 0 Å². The van der Waals surface area contributed by atoms with Crippen LogP contribution in [0.3, 0.4) is 0 Å². The Kier molecular flexibility index (Phi) is 3.30. The van der Waals surface area contributed by atoms with Crippen molar-refractivity contribution in [2.24, 2.45) is 0 Å². The minimum atomic E-state index is -0.234. The zero-order valence-corrected chi connectivity index (χ0v) is 9.69. The van der Waals surface area contributed by atoms with Gasteiger partial charge < -0.3 is 11.1 Å². The summed E-state index contributed by atoms with van der Waals surface area (Å²) in [5, 5.41) is 6.73. The van der Waals surface area contributed by atoms with E-state index in [1.165, 1.54) is 0 Å². The molecule has 0 aliphatic heterocycles. The molecule has 2 rings (SSSR count). The van der Waals surface area contributed by atoms with E-state index in [1.54, 1.807) is 29.2 Å². The van der Waals surface area contributed by atoms with E-state index in [4.69, 9.17) is 17.3 Å². The first-order valence-electron chi connectivity index (χ1n) is 4.95. The number of hydrogen-bond acceptors (Lipinski definition) is 3. The smallest absolute Gasteiger partial charge is 0.239 e. The van der Waals surface area contributed by atoms with Gasteiger partial charge in [-0.1, -0.05) is 0 Å². The van der Waals surface area contributed by atoms with Gasteiger partial charge in [0.1, 0.15) is 5.88 Å². The third-order valence-electron chi connectivity index (χ3n) is 2.14. The lowest BCUT2D eigenvalue weighted by Gasteiger charge is -2.05. The van der Waals surface area contributed by atoms with Gasteiger partial charge in [0.05, 0.1) is 23.8 Å². The van der Waals surface area contributed by atoms with Gasteiger partial charge in [-0.3, -0.25) is 4.79 Å². The number of halogens is 1. The molecule has 1 amide bonds. The van der Waals surface area contributed by atoms with E-state index in [0.29, 0.717) is 11.4 Å². The van der Waals surface area contributed by atoms with Crippen LogP contribution in [0.1, 0.15) is 0 Å². The molecule has 0 fully saturated rings. The molecule has 17 heavy (non-hydrogen) atoms. The summed E-state index contributed by atoms with van der Waals surface area (Å²) >= 11 is 5.39. The Morgan fingerprint density at radius 1 is 1.41 bits per heavy atom. The molecule has 1 aromatic heterocycles. The van der Waals surface area contributed by atoms with Crippen molar-refractivity contribution >= 4 is 28.9 Å². The molecule has 1 aromatic carbocycles. The number of anilines is 2. The van der Waals surface area contributed by atoms with Crippen molar-refractivity contribution in [3.05, 3.63) is 36.7 Å². The van der Waals surface area contributed by atoms with Gasteiger partial charge >= 0.3 is 0 Å². The summed E-state index contributed by atoms with van der Waals surface area (Å²) in [6, 6.07) is 7.21. The maximum absolute atomic E-state index is 11.1. The van der Waals surface area contributed by atoms with E-state index in [-0.39, 0.29) is 11.8 Å². The Labute approximate surface area is 103 Å². The highest BCUT2D eigenvalue weighted by atomic mass is 35.5. The van der Waals surface area contributed by atoms with Crippen LogP contribution in [0.25, 0.3) is 5.69 Å². The third kappa shape index (κ3) is 2.76. The SMILES string of the molecule is Nc1cnn(-c2ccc(NC(=O)CCl)cc2)c1. The number of carbonyl (C=O) groups excluding carboxylic acids is 1. The van der Waals surface area contributed by atoms with Crippen LogP contribution in [-0.2, 0) is 4.79 Å². The van der Waals surface area contributed by atoms with Gasteiger partial charge in [0.15, 0.2) is 0 Å². The number of alkyl halides is 1. The summed E-state index contributed by atoms with van der Waals surface area (Å²) in [7, 11) is 0. The second-order valence-electron chi connectivity index (χ2n) is 3.45. The van der Waals surface area contributed by atoms with Crippen molar-refractivity contribution in [2.75, 3.05) is 16.9 Å². The van der Waals surface area contributed by atoms with Crippen LogP contribution in [0.15, 0.2) is 36.7 Å². The van der Waals surface area contributed by atoms with Crippen LogP contribution in [0.2, 0.25) is 0 Å². The molecule has 0 aliphatic carbocycles. The van der Waals surface area contributed by atoms with Crippen LogP contribution >= 0.6 is 11.6 Å². The number of aromatic nitrogens is 2.